The lowest BCUT2D eigenvalue weighted by Crippen LogP contribution is -2.35. The van der Waals surface area contributed by atoms with Crippen molar-refractivity contribution in [2.24, 2.45) is 17.8 Å². The van der Waals surface area contributed by atoms with Crippen LogP contribution in [0.3, 0.4) is 0 Å². The van der Waals surface area contributed by atoms with E-state index in [9.17, 15) is 14.0 Å². The molecule has 3 aliphatic rings. The molecule has 3 heterocycles. The molecule has 0 radical (unpaired) electrons. The van der Waals surface area contributed by atoms with Crippen LogP contribution in [0.4, 0.5) is 20.3 Å². The molecule has 188 valence electrons. The van der Waals surface area contributed by atoms with Gasteiger partial charge in [0.2, 0.25) is 0 Å². The van der Waals surface area contributed by atoms with E-state index in [4.69, 9.17) is 0 Å². The number of nitrogens with one attached hydrogen (secondary N) is 1. The molecule has 0 amide bonds. The zero-order valence-corrected chi connectivity index (χ0v) is 20.9. The van der Waals surface area contributed by atoms with Gasteiger partial charge in [0, 0.05) is 29.7 Å². The molecule has 5 nitrogen and oxygen atoms in total. The number of allylic oxidation sites excluding steroid dienone is 1. The Morgan fingerprint density at radius 2 is 2.06 bits per heavy atom. The largest absolute Gasteiger partial charge is 0.380 e. The highest BCUT2D eigenvalue weighted by molar-refractivity contribution is 5.94. The first-order chi connectivity index (χ1) is 17.3. The Bertz CT molecular complexity index is 1280. The summed E-state index contributed by atoms with van der Waals surface area (Å²) in [5, 5.41) is 3.24. The molecule has 1 aromatic carbocycles. The lowest BCUT2D eigenvalue weighted by atomic mass is 9.80. The summed E-state index contributed by atoms with van der Waals surface area (Å²) in [7, 11) is 0. The Kier molecular flexibility index (Phi) is 6.49. The SMILES string of the molecule is CCC(C)/C=C1/c2cc(CC3CC3)c(C=O)cc2N(c2ncc(F)cc2F)CC2=CNC(C(C)=O)C21. The second-order valence-corrected chi connectivity index (χ2v) is 10.3. The van der Waals surface area contributed by atoms with Gasteiger partial charge in [0.25, 0.3) is 0 Å². The van der Waals surface area contributed by atoms with Gasteiger partial charge in [-0.15, -0.1) is 0 Å². The van der Waals surface area contributed by atoms with Crippen LogP contribution in [0.1, 0.15) is 61.5 Å². The number of hydrogen-bond acceptors (Lipinski definition) is 5. The molecule has 7 heteroatoms. The molecule has 1 saturated carbocycles. The first kappa shape index (κ1) is 24.3. The molecule has 5 rings (SSSR count). The summed E-state index contributed by atoms with van der Waals surface area (Å²) in [4.78, 5) is 30.7. The number of carbonyl (C=O) groups excluding carboxylic acids is 2. The minimum Gasteiger partial charge on any atom is -0.380 e. The number of fused-ring (bicyclic) bond motifs is 2. The maximum absolute atomic E-state index is 15.1. The van der Waals surface area contributed by atoms with Gasteiger partial charge in [0.1, 0.15) is 12.1 Å². The molecular weight excluding hydrogens is 460 g/mol. The molecule has 2 aliphatic heterocycles. The van der Waals surface area contributed by atoms with Gasteiger partial charge in [0.05, 0.1) is 17.9 Å². The minimum absolute atomic E-state index is 0.0137. The number of halogens is 2. The smallest absolute Gasteiger partial charge is 0.169 e. The normalized spacial score (nSPS) is 22.9. The number of carbonyl (C=O) groups is 2. The van der Waals surface area contributed by atoms with E-state index in [-0.39, 0.29) is 30.0 Å². The molecule has 0 saturated heterocycles. The average Bonchev–Trinajstić information content (AvgIpc) is 3.59. The first-order valence-corrected chi connectivity index (χ1v) is 12.7. The minimum atomic E-state index is -0.781. The molecule has 0 bridgehead atoms. The van der Waals surface area contributed by atoms with Crippen LogP contribution < -0.4 is 10.2 Å². The highest BCUT2D eigenvalue weighted by Gasteiger charge is 2.41. The van der Waals surface area contributed by atoms with Crippen LogP contribution in [0.25, 0.3) is 5.57 Å². The van der Waals surface area contributed by atoms with Crippen LogP contribution in [-0.2, 0) is 11.2 Å². The molecular formula is C29H31F2N3O2. The summed E-state index contributed by atoms with van der Waals surface area (Å²) >= 11 is 0. The van der Waals surface area contributed by atoms with Gasteiger partial charge in [-0.25, -0.2) is 13.8 Å². The predicted molar refractivity (Wildman–Crippen MR) is 136 cm³/mol. The molecule has 36 heavy (non-hydrogen) atoms. The molecule has 3 atom stereocenters. The van der Waals surface area contributed by atoms with Crippen molar-refractivity contribution in [3.8, 4) is 0 Å². The number of aldehydes is 1. The number of rotatable bonds is 7. The number of anilines is 2. The van der Waals surface area contributed by atoms with E-state index in [2.05, 4.69) is 36.3 Å². The molecule has 1 aromatic heterocycles. The third-order valence-corrected chi connectivity index (χ3v) is 7.64. The van der Waals surface area contributed by atoms with E-state index in [0.29, 0.717) is 17.2 Å². The van der Waals surface area contributed by atoms with E-state index in [0.717, 1.165) is 66.5 Å². The standard InChI is InChI=1S/C29H31F2N3O2/c1-4-16(2)7-24-23-9-19(8-18-5-6-18)20(15-35)10-26(23)34(29-25(31)11-22(30)13-33-29)14-21-12-32-28(17(3)36)27(21)24/h7,9-13,15-16,18,27-28,32H,4-6,8,14H2,1-3H3/b24-7-. The second-order valence-electron chi connectivity index (χ2n) is 10.3. The van der Waals surface area contributed by atoms with Crippen molar-refractivity contribution in [3.05, 3.63) is 70.6 Å². The summed E-state index contributed by atoms with van der Waals surface area (Å²) in [5.41, 5.74) is 4.95. The Balaban J connectivity index is 1.78. The fourth-order valence-electron chi connectivity index (χ4n) is 5.34. The van der Waals surface area contributed by atoms with Crippen molar-refractivity contribution in [2.75, 3.05) is 11.4 Å². The van der Waals surface area contributed by atoms with Crippen LogP contribution >= 0.6 is 0 Å². The van der Waals surface area contributed by atoms with Crippen LogP contribution in [0, 0.1) is 29.4 Å². The van der Waals surface area contributed by atoms with E-state index >= 15 is 4.39 Å². The van der Waals surface area contributed by atoms with E-state index in [1.54, 1.807) is 11.8 Å². The first-order valence-electron chi connectivity index (χ1n) is 12.7. The second kappa shape index (κ2) is 9.60. The molecule has 1 aliphatic carbocycles. The summed E-state index contributed by atoms with van der Waals surface area (Å²) in [6.07, 6.45) is 9.92. The van der Waals surface area contributed by atoms with Crippen molar-refractivity contribution in [1.82, 2.24) is 10.3 Å². The Labute approximate surface area is 210 Å². The Hall–Kier alpha value is -3.35. The van der Waals surface area contributed by atoms with E-state index in [1.807, 2.05) is 12.3 Å². The Morgan fingerprint density at radius 3 is 2.69 bits per heavy atom. The molecule has 0 spiro atoms. The average molecular weight is 492 g/mol. The van der Waals surface area contributed by atoms with Crippen molar-refractivity contribution < 1.29 is 18.4 Å². The topological polar surface area (TPSA) is 62.3 Å². The quantitative estimate of drug-likeness (QED) is 0.499. The van der Waals surface area contributed by atoms with Crippen molar-refractivity contribution in [1.29, 1.82) is 0 Å². The highest BCUT2D eigenvalue weighted by Crippen LogP contribution is 2.47. The van der Waals surface area contributed by atoms with Crippen LogP contribution in [0.5, 0.6) is 0 Å². The third kappa shape index (κ3) is 4.47. The summed E-state index contributed by atoms with van der Waals surface area (Å²) < 4.78 is 28.9. The monoisotopic (exact) mass is 491 g/mol. The summed E-state index contributed by atoms with van der Waals surface area (Å²) in [5.74, 6) is -0.961. The molecule has 1 fully saturated rings. The zero-order chi connectivity index (χ0) is 25.6. The maximum atomic E-state index is 15.1. The molecule has 1 N–H and O–H groups in total. The number of benzene rings is 1. The maximum Gasteiger partial charge on any atom is 0.169 e. The van der Waals surface area contributed by atoms with Gasteiger partial charge >= 0.3 is 0 Å². The number of hydrogen-bond donors (Lipinski definition) is 1. The van der Waals surface area contributed by atoms with Crippen molar-refractivity contribution in [3.63, 3.8) is 0 Å². The molecule has 3 unspecified atom stereocenters. The zero-order valence-electron chi connectivity index (χ0n) is 20.9. The van der Waals surface area contributed by atoms with Crippen molar-refractivity contribution in [2.45, 2.75) is 52.5 Å². The molecule has 2 aromatic rings. The van der Waals surface area contributed by atoms with E-state index in [1.165, 1.54) is 0 Å². The van der Waals surface area contributed by atoms with Gasteiger partial charge < -0.3 is 10.2 Å². The van der Waals surface area contributed by atoms with Crippen LogP contribution in [0.2, 0.25) is 0 Å². The lowest BCUT2D eigenvalue weighted by Gasteiger charge is -2.26. The Morgan fingerprint density at radius 1 is 1.28 bits per heavy atom. The number of pyridine rings is 1. The fourth-order valence-corrected chi connectivity index (χ4v) is 5.34. The van der Waals surface area contributed by atoms with Gasteiger partial charge in [-0.3, -0.25) is 9.59 Å². The summed E-state index contributed by atoms with van der Waals surface area (Å²) in [6.45, 7) is 6.08. The van der Waals surface area contributed by atoms with Crippen molar-refractivity contribution >= 4 is 29.1 Å². The lowest BCUT2D eigenvalue weighted by molar-refractivity contribution is -0.119. The van der Waals surface area contributed by atoms with Gasteiger partial charge in [-0.1, -0.05) is 26.3 Å². The summed E-state index contributed by atoms with van der Waals surface area (Å²) in [6, 6.07) is 4.25. The van der Waals surface area contributed by atoms with Gasteiger partial charge in [-0.05, 0) is 73.1 Å². The van der Waals surface area contributed by atoms with Gasteiger partial charge in [0.15, 0.2) is 17.4 Å². The number of nitrogens with zero attached hydrogens (tertiary/aromatic N) is 2. The highest BCUT2D eigenvalue weighted by atomic mass is 19.1. The van der Waals surface area contributed by atoms with Crippen LogP contribution in [-0.4, -0.2) is 29.6 Å². The third-order valence-electron chi connectivity index (χ3n) is 7.64. The fraction of sp³-hybridized carbons (Fsp3) is 0.414. The van der Waals surface area contributed by atoms with Gasteiger partial charge in [-0.2, -0.15) is 0 Å². The van der Waals surface area contributed by atoms with E-state index < -0.39 is 17.7 Å². The number of Topliss-reactive ketones (excluding diaryl/α,β-unsaturated/α-hetero) is 1. The number of ketones is 1. The van der Waals surface area contributed by atoms with Crippen LogP contribution in [0.15, 0.2) is 42.2 Å². The number of aromatic nitrogens is 1. The predicted octanol–water partition coefficient (Wildman–Crippen LogP) is 5.77.